The number of rotatable bonds is 4. The van der Waals surface area contributed by atoms with E-state index in [0.717, 1.165) is 78.5 Å². The molecule has 3 aliphatic rings. The minimum Gasteiger partial charge on any atom is -0.475 e. The highest BCUT2D eigenvalue weighted by molar-refractivity contribution is 7.09. The van der Waals surface area contributed by atoms with Crippen LogP contribution in [0.2, 0.25) is 0 Å². The zero-order chi connectivity index (χ0) is 28.4. The molecular weight excluding hydrogens is 550 g/mol. The van der Waals surface area contributed by atoms with Crippen molar-refractivity contribution in [3.8, 4) is 0 Å². The van der Waals surface area contributed by atoms with Gasteiger partial charge in [-0.25, -0.2) is 9.59 Å². The summed E-state index contributed by atoms with van der Waals surface area (Å²) < 4.78 is 81.4. The molecule has 218 valence electrons. The first-order valence-electron chi connectivity index (χ1n) is 11.6. The molecule has 1 spiro atoms. The minimum atomic E-state index is -5.08. The van der Waals surface area contributed by atoms with Crippen LogP contribution in [0.5, 0.6) is 0 Å². The summed E-state index contributed by atoms with van der Waals surface area (Å²) in [5.41, 5.74) is -0.106. The van der Waals surface area contributed by atoms with E-state index < -0.39 is 24.3 Å². The molecule has 0 saturated carbocycles. The number of aliphatic carboxylic acids is 2. The van der Waals surface area contributed by atoms with Crippen LogP contribution in [0.1, 0.15) is 17.7 Å². The molecule has 0 aliphatic carbocycles. The lowest BCUT2D eigenvalue weighted by molar-refractivity contribution is -0.193. The molecule has 2 N–H and O–H groups in total. The first-order chi connectivity index (χ1) is 17.7. The second kappa shape index (κ2) is 14.4. The van der Waals surface area contributed by atoms with Crippen LogP contribution in [-0.4, -0.2) is 115 Å². The Morgan fingerprint density at radius 3 is 2.05 bits per heavy atom. The van der Waals surface area contributed by atoms with E-state index in [1.165, 1.54) is 4.88 Å². The Labute approximate surface area is 218 Å². The second-order valence-electron chi connectivity index (χ2n) is 8.82. The third-order valence-corrected chi connectivity index (χ3v) is 6.64. The van der Waals surface area contributed by atoms with Gasteiger partial charge >= 0.3 is 24.3 Å². The van der Waals surface area contributed by atoms with Crippen molar-refractivity contribution in [2.24, 2.45) is 0 Å². The molecule has 0 radical (unpaired) electrons. The highest BCUT2D eigenvalue weighted by Crippen LogP contribution is 2.34. The van der Waals surface area contributed by atoms with Crippen LogP contribution in [0.3, 0.4) is 0 Å². The summed E-state index contributed by atoms with van der Waals surface area (Å²) >= 11 is 1.84. The number of carboxylic acids is 2. The number of carboxylic acid groups (broad SMARTS) is 2. The molecule has 4 rings (SSSR count). The molecule has 16 heteroatoms. The lowest BCUT2D eigenvalue weighted by atomic mass is 10.00. The number of hydrogen-bond acceptors (Lipinski definition) is 8. The van der Waals surface area contributed by atoms with Crippen LogP contribution in [0.4, 0.5) is 26.3 Å². The van der Waals surface area contributed by atoms with Gasteiger partial charge in [0.2, 0.25) is 0 Å². The van der Waals surface area contributed by atoms with Gasteiger partial charge in [0.05, 0.1) is 32.5 Å². The Morgan fingerprint density at radius 1 is 0.974 bits per heavy atom. The smallest absolute Gasteiger partial charge is 0.475 e. The zero-order valence-electron chi connectivity index (χ0n) is 20.3. The van der Waals surface area contributed by atoms with Gasteiger partial charge in [0, 0.05) is 44.1 Å². The summed E-state index contributed by atoms with van der Waals surface area (Å²) in [6, 6.07) is 4.36. The molecule has 38 heavy (non-hydrogen) atoms. The molecule has 3 saturated heterocycles. The lowest BCUT2D eigenvalue weighted by Crippen LogP contribution is -2.46. The molecule has 9 nitrogen and oxygen atoms in total. The first-order valence-corrected chi connectivity index (χ1v) is 12.5. The van der Waals surface area contributed by atoms with E-state index in [4.69, 9.17) is 34.0 Å². The standard InChI is InChI=1S/C18H28N2O3S.2C2HF3O2/c1-2-17(24-11-1)13-20-7-10-22-15-18(14-20)4-3-16(23-18)12-19-5-8-21-9-6-19;2*3-2(4,5)1(6)7/h1-2,11,16H,3-10,12-15H2;2*(H,6,7). The van der Waals surface area contributed by atoms with E-state index in [1.807, 2.05) is 11.3 Å². The van der Waals surface area contributed by atoms with E-state index in [0.29, 0.717) is 6.10 Å². The lowest BCUT2D eigenvalue weighted by Gasteiger charge is -2.33. The maximum atomic E-state index is 10.6. The van der Waals surface area contributed by atoms with Gasteiger partial charge in [-0.1, -0.05) is 6.07 Å². The van der Waals surface area contributed by atoms with Crippen LogP contribution in [0.25, 0.3) is 0 Å². The Hall–Kier alpha value is -1.98. The monoisotopic (exact) mass is 580 g/mol. The van der Waals surface area contributed by atoms with Gasteiger partial charge in [0.25, 0.3) is 0 Å². The van der Waals surface area contributed by atoms with Gasteiger partial charge in [-0.15, -0.1) is 11.3 Å². The Morgan fingerprint density at radius 2 is 1.53 bits per heavy atom. The average Bonchev–Trinajstić information content (AvgIpc) is 3.42. The fraction of sp³-hybridized carbons (Fsp3) is 0.727. The summed E-state index contributed by atoms with van der Waals surface area (Å²) in [5.74, 6) is -5.51. The summed E-state index contributed by atoms with van der Waals surface area (Å²) in [5, 5.41) is 16.4. The van der Waals surface area contributed by atoms with Crippen molar-refractivity contribution in [1.29, 1.82) is 0 Å². The number of ether oxygens (including phenoxy) is 3. The third kappa shape index (κ3) is 11.4. The number of carbonyl (C=O) groups is 2. The predicted octanol–water partition coefficient (Wildman–Crippen LogP) is 3.10. The number of hydrogen-bond donors (Lipinski definition) is 2. The number of morpholine rings is 1. The Bertz CT molecular complexity index is 841. The van der Waals surface area contributed by atoms with E-state index in [-0.39, 0.29) is 5.60 Å². The normalized spacial score (nSPS) is 25.1. The van der Waals surface area contributed by atoms with Crippen LogP contribution in [0.15, 0.2) is 17.5 Å². The van der Waals surface area contributed by atoms with E-state index in [2.05, 4.69) is 27.3 Å². The zero-order valence-corrected chi connectivity index (χ0v) is 21.1. The van der Waals surface area contributed by atoms with Crippen molar-refractivity contribution in [1.82, 2.24) is 9.80 Å². The Kier molecular flexibility index (Phi) is 12.2. The summed E-state index contributed by atoms with van der Waals surface area (Å²) in [6.07, 6.45) is -7.57. The largest absolute Gasteiger partial charge is 0.490 e. The van der Waals surface area contributed by atoms with Gasteiger partial charge in [0.15, 0.2) is 0 Å². The van der Waals surface area contributed by atoms with Crippen LogP contribution in [-0.2, 0) is 30.3 Å². The molecule has 2 unspecified atom stereocenters. The number of alkyl halides is 6. The fourth-order valence-electron chi connectivity index (χ4n) is 4.06. The number of nitrogens with zero attached hydrogens (tertiary/aromatic N) is 2. The van der Waals surface area contributed by atoms with Gasteiger partial charge in [-0.3, -0.25) is 9.80 Å². The molecule has 0 aromatic carbocycles. The van der Waals surface area contributed by atoms with Gasteiger partial charge in [-0.05, 0) is 24.3 Å². The first kappa shape index (κ1) is 32.2. The molecule has 0 bridgehead atoms. The molecule has 4 heterocycles. The van der Waals surface area contributed by atoms with Crippen molar-refractivity contribution in [2.45, 2.75) is 43.4 Å². The number of thiophene rings is 1. The number of halogens is 6. The van der Waals surface area contributed by atoms with Gasteiger partial charge in [0.1, 0.15) is 5.60 Å². The van der Waals surface area contributed by atoms with Crippen molar-refractivity contribution in [3.05, 3.63) is 22.4 Å². The van der Waals surface area contributed by atoms with Crippen molar-refractivity contribution in [3.63, 3.8) is 0 Å². The average molecular weight is 581 g/mol. The molecule has 1 aromatic heterocycles. The minimum absolute atomic E-state index is 0.106. The summed E-state index contributed by atoms with van der Waals surface area (Å²) in [7, 11) is 0. The quantitative estimate of drug-likeness (QED) is 0.520. The predicted molar refractivity (Wildman–Crippen MR) is 122 cm³/mol. The van der Waals surface area contributed by atoms with E-state index in [1.54, 1.807) is 0 Å². The van der Waals surface area contributed by atoms with Crippen molar-refractivity contribution in [2.75, 3.05) is 59.2 Å². The summed E-state index contributed by atoms with van der Waals surface area (Å²) in [6.45, 7) is 9.38. The molecular formula is C22H30F6N2O7S. The van der Waals surface area contributed by atoms with Crippen LogP contribution in [0, 0.1) is 0 Å². The fourth-order valence-corrected chi connectivity index (χ4v) is 4.81. The van der Waals surface area contributed by atoms with Crippen molar-refractivity contribution < 1.29 is 60.4 Å². The van der Waals surface area contributed by atoms with Crippen LogP contribution < -0.4 is 0 Å². The molecule has 2 atom stereocenters. The SMILES string of the molecule is O=C(O)C(F)(F)F.O=C(O)C(F)(F)F.c1csc(CN2CCOCC3(CCC(CN4CCOCC4)O3)C2)c1. The topological polar surface area (TPSA) is 109 Å². The molecule has 3 aliphatic heterocycles. The third-order valence-electron chi connectivity index (χ3n) is 5.78. The van der Waals surface area contributed by atoms with E-state index >= 15 is 0 Å². The second-order valence-corrected chi connectivity index (χ2v) is 9.86. The maximum Gasteiger partial charge on any atom is 0.490 e. The molecule has 1 aromatic rings. The molecule has 0 amide bonds. The van der Waals surface area contributed by atoms with Crippen LogP contribution >= 0.6 is 11.3 Å². The van der Waals surface area contributed by atoms with E-state index in [9.17, 15) is 26.3 Å². The summed E-state index contributed by atoms with van der Waals surface area (Å²) in [4.78, 5) is 24.2. The highest BCUT2D eigenvalue weighted by Gasteiger charge is 2.43. The van der Waals surface area contributed by atoms with Crippen molar-refractivity contribution >= 4 is 23.3 Å². The van der Waals surface area contributed by atoms with Gasteiger partial charge < -0.3 is 24.4 Å². The van der Waals surface area contributed by atoms with Gasteiger partial charge in [-0.2, -0.15) is 26.3 Å². The Balaban J connectivity index is 0.000000301. The highest BCUT2D eigenvalue weighted by atomic mass is 32.1. The molecule has 3 fully saturated rings. The maximum absolute atomic E-state index is 10.6.